The summed E-state index contributed by atoms with van der Waals surface area (Å²) in [5.41, 5.74) is 0.814. The van der Waals surface area contributed by atoms with Gasteiger partial charge in [-0.3, -0.25) is 9.35 Å². The lowest BCUT2D eigenvalue weighted by Crippen LogP contribution is -2.12. The number of nitrogens with zero attached hydrogens (tertiary/aromatic N) is 2. The lowest BCUT2D eigenvalue weighted by Gasteiger charge is -2.13. The van der Waals surface area contributed by atoms with Crippen molar-refractivity contribution in [1.82, 2.24) is 0 Å². The fraction of sp³-hybridized carbons (Fsp3) is 0.148. The van der Waals surface area contributed by atoms with Gasteiger partial charge in [-0.25, -0.2) is 0 Å². The number of anilines is 1. The van der Waals surface area contributed by atoms with Crippen LogP contribution in [0.25, 0.3) is 10.8 Å². The highest BCUT2D eigenvalue weighted by molar-refractivity contribution is 7.86. The molecule has 0 heterocycles. The monoisotopic (exact) mass is 587 g/mol. The number of phenolic OH excluding ortho intramolecular Hbond substituents is 1. The summed E-state index contributed by atoms with van der Waals surface area (Å²) in [5, 5.41) is 23.5. The number of carbonyl (C=O) groups excluding carboxylic acids is 1. The van der Waals surface area contributed by atoms with E-state index in [2.05, 4.69) is 15.5 Å². The van der Waals surface area contributed by atoms with Crippen LogP contribution < -0.4 is 10.1 Å². The summed E-state index contributed by atoms with van der Waals surface area (Å²) in [6.45, 7) is 3.89. The van der Waals surface area contributed by atoms with Gasteiger partial charge in [-0.05, 0) is 54.6 Å². The van der Waals surface area contributed by atoms with E-state index in [1.54, 1.807) is 49.4 Å². The quantitative estimate of drug-likeness (QED) is 0.142. The summed E-state index contributed by atoms with van der Waals surface area (Å²) in [4.78, 5) is 12.8. The number of rotatable bonds is 8. The van der Waals surface area contributed by atoms with Crippen molar-refractivity contribution < 1.29 is 27.6 Å². The number of azo groups is 1. The van der Waals surface area contributed by atoms with E-state index < -0.39 is 26.7 Å². The van der Waals surface area contributed by atoms with Crippen molar-refractivity contribution in [3.63, 3.8) is 0 Å². The number of phenols is 1. The zero-order valence-corrected chi connectivity index (χ0v) is 23.1. The molecule has 0 fully saturated rings. The van der Waals surface area contributed by atoms with Gasteiger partial charge in [0.15, 0.2) is 5.75 Å². The van der Waals surface area contributed by atoms with Crippen molar-refractivity contribution in [2.45, 2.75) is 25.2 Å². The topological polar surface area (TPSA) is 138 Å². The number of carbonyl (C=O) groups is 1. The summed E-state index contributed by atoms with van der Waals surface area (Å²) in [6, 6.07) is 16.0. The van der Waals surface area contributed by atoms with Gasteiger partial charge in [0.1, 0.15) is 16.3 Å². The molecule has 3 N–H and O–H groups in total. The van der Waals surface area contributed by atoms with E-state index in [0.717, 1.165) is 0 Å². The Kier molecular flexibility index (Phi) is 8.41. The molecule has 0 saturated carbocycles. The average molecular weight is 588 g/mol. The number of benzene rings is 4. The maximum Gasteiger partial charge on any atom is 0.296 e. The highest BCUT2D eigenvalue weighted by Crippen LogP contribution is 2.40. The van der Waals surface area contributed by atoms with Gasteiger partial charge < -0.3 is 15.2 Å². The van der Waals surface area contributed by atoms with E-state index in [4.69, 9.17) is 27.9 Å². The average Bonchev–Trinajstić information content (AvgIpc) is 2.88. The number of ether oxygens (including phenoxy) is 1. The van der Waals surface area contributed by atoms with Crippen molar-refractivity contribution in [2.24, 2.45) is 10.2 Å². The van der Waals surface area contributed by atoms with Gasteiger partial charge in [0, 0.05) is 17.1 Å². The zero-order valence-electron chi connectivity index (χ0n) is 20.8. The Bertz CT molecular complexity index is 1720. The Morgan fingerprint density at radius 2 is 1.74 bits per heavy atom. The normalized spacial score (nSPS) is 11.7. The van der Waals surface area contributed by atoms with Crippen LogP contribution in [0.2, 0.25) is 10.0 Å². The molecule has 12 heteroatoms. The van der Waals surface area contributed by atoms with Gasteiger partial charge in [0.2, 0.25) is 0 Å². The van der Waals surface area contributed by atoms with Crippen LogP contribution in [0.15, 0.2) is 75.8 Å². The second-order valence-electron chi connectivity index (χ2n) is 8.32. The molecule has 0 atom stereocenters. The first kappa shape index (κ1) is 28.3. The van der Waals surface area contributed by atoms with Crippen LogP contribution in [0, 0.1) is 0 Å². The molecule has 0 bridgehead atoms. The lowest BCUT2D eigenvalue weighted by molar-refractivity contribution is 0.102. The van der Waals surface area contributed by atoms with E-state index in [1.807, 2.05) is 6.92 Å². The van der Waals surface area contributed by atoms with Crippen molar-refractivity contribution in [1.29, 1.82) is 0 Å². The summed E-state index contributed by atoms with van der Waals surface area (Å²) < 4.78 is 38.5. The van der Waals surface area contributed by atoms with E-state index in [1.165, 1.54) is 18.2 Å². The largest absolute Gasteiger partial charge is 0.505 e. The second kappa shape index (κ2) is 11.6. The van der Waals surface area contributed by atoms with Crippen LogP contribution in [0.3, 0.4) is 0 Å². The molecule has 0 aromatic heterocycles. The Labute approximate surface area is 234 Å². The lowest BCUT2D eigenvalue weighted by atomic mass is 10.0. The maximum absolute atomic E-state index is 13.2. The third kappa shape index (κ3) is 6.15. The molecule has 4 rings (SSSR count). The number of nitrogens with one attached hydrogen (secondary N) is 1. The Morgan fingerprint density at radius 3 is 2.44 bits per heavy atom. The van der Waals surface area contributed by atoms with Crippen molar-refractivity contribution in [2.75, 3.05) is 11.9 Å². The van der Waals surface area contributed by atoms with Gasteiger partial charge in [0.25, 0.3) is 16.0 Å². The van der Waals surface area contributed by atoms with Crippen LogP contribution >= 0.6 is 23.2 Å². The minimum Gasteiger partial charge on any atom is -0.505 e. The molecule has 0 aliphatic heterocycles. The van der Waals surface area contributed by atoms with Crippen molar-refractivity contribution >= 4 is 67.1 Å². The molecule has 0 unspecified atom stereocenters. The molecule has 4 aromatic rings. The number of fused-ring (bicyclic) bond motifs is 1. The summed E-state index contributed by atoms with van der Waals surface area (Å²) >= 11 is 12.3. The van der Waals surface area contributed by atoms with Gasteiger partial charge in [0.05, 0.1) is 27.9 Å². The van der Waals surface area contributed by atoms with Crippen molar-refractivity contribution in [3.05, 3.63) is 81.8 Å². The maximum atomic E-state index is 13.2. The Hall–Kier alpha value is -3.70. The number of aryl methyl sites for hydroxylation is 1. The number of aromatic hydroxyl groups is 1. The molecule has 9 nitrogen and oxygen atoms in total. The van der Waals surface area contributed by atoms with Crippen LogP contribution in [-0.2, 0) is 16.5 Å². The number of halogens is 2. The third-order valence-electron chi connectivity index (χ3n) is 5.74. The molecule has 0 aliphatic carbocycles. The van der Waals surface area contributed by atoms with E-state index in [9.17, 15) is 22.9 Å². The zero-order chi connectivity index (χ0) is 28.3. The van der Waals surface area contributed by atoms with Crippen molar-refractivity contribution in [3.8, 4) is 11.5 Å². The molecule has 4 aromatic carbocycles. The molecule has 0 spiro atoms. The third-order valence-corrected chi connectivity index (χ3v) is 7.46. The minimum absolute atomic E-state index is 0.0254. The smallest absolute Gasteiger partial charge is 0.296 e. The standard InChI is InChI=1S/C27H23Cl2N3O6S/c1-3-15-11-18(13-22(29)26(15)39(35,36)37)31-32-24-19-8-6-5-7-16(19)12-20(25(24)33)27(34)30-17-9-10-21(28)23(14-17)38-4-2/h5-14,33H,3-4H2,1-2H3,(H,30,34)(H,35,36,37). The van der Waals surface area contributed by atoms with E-state index in [-0.39, 0.29) is 33.9 Å². The van der Waals surface area contributed by atoms with Crippen LogP contribution in [0.4, 0.5) is 17.1 Å². The second-order valence-corrected chi connectivity index (χ2v) is 10.5. The van der Waals surface area contributed by atoms with E-state index >= 15 is 0 Å². The van der Waals surface area contributed by atoms with Gasteiger partial charge in [-0.15, -0.1) is 5.11 Å². The van der Waals surface area contributed by atoms with Gasteiger partial charge >= 0.3 is 0 Å². The predicted molar refractivity (Wildman–Crippen MR) is 151 cm³/mol. The molecule has 0 radical (unpaired) electrons. The van der Waals surface area contributed by atoms with Gasteiger partial charge in [-0.1, -0.05) is 54.4 Å². The first-order chi connectivity index (χ1) is 18.5. The van der Waals surface area contributed by atoms with Crippen LogP contribution in [0.1, 0.15) is 29.8 Å². The van der Waals surface area contributed by atoms with Crippen LogP contribution in [0.5, 0.6) is 11.5 Å². The Morgan fingerprint density at radius 1 is 1.00 bits per heavy atom. The molecular weight excluding hydrogens is 565 g/mol. The summed E-state index contributed by atoms with van der Waals surface area (Å²) in [6.07, 6.45) is 0.248. The number of hydrogen-bond acceptors (Lipinski definition) is 7. The SMILES string of the molecule is CCOc1cc(NC(=O)c2cc3ccccc3c(N=Nc3cc(Cl)c(S(=O)(=O)O)c(CC)c3)c2O)ccc1Cl. The highest BCUT2D eigenvalue weighted by Gasteiger charge is 2.21. The highest BCUT2D eigenvalue weighted by atomic mass is 35.5. The minimum atomic E-state index is -4.55. The summed E-state index contributed by atoms with van der Waals surface area (Å²) in [5.74, 6) is -0.613. The van der Waals surface area contributed by atoms with Gasteiger partial charge in [-0.2, -0.15) is 13.5 Å². The molecule has 39 heavy (non-hydrogen) atoms. The first-order valence-electron chi connectivity index (χ1n) is 11.7. The fourth-order valence-electron chi connectivity index (χ4n) is 3.99. The molecule has 202 valence electrons. The fourth-order valence-corrected chi connectivity index (χ4v) is 5.53. The number of amides is 1. The number of hydrogen-bond donors (Lipinski definition) is 3. The Balaban J connectivity index is 1.76. The molecular formula is C27H23Cl2N3O6S. The first-order valence-corrected chi connectivity index (χ1v) is 13.9. The van der Waals surface area contributed by atoms with E-state index in [0.29, 0.717) is 33.8 Å². The molecule has 1 amide bonds. The molecule has 0 aliphatic rings. The predicted octanol–water partition coefficient (Wildman–Crippen LogP) is 7.73. The summed E-state index contributed by atoms with van der Waals surface area (Å²) in [7, 11) is -4.55. The molecule has 0 saturated heterocycles. The van der Waals surface area contributed by atoms with Crippen LogP contribution in [-0.4, -0.2) is 30.6 Å².